The van der Waals surface area contributed by atoms with Crippen LogP contribution in [-0.2, 0) is 6.42 Å². The number of hydrogen-bond acceptors (Lipinski definition) is 4. The van der Waals surface area contributed by atoms with Crippen molar-refractivity contribution >= 4 is 28.0 Å². The van der Waals surface area contributed by atoms with E-state index in [1.165, 1.54) is 19.3 Å². The highest BCUT2D eigenvalue weighted by Crippen LogP contribution is 2.30. The summed E-state index contributed by atoms with van der Waals surface area (Å²) in [7, 11) is 0. The molecule has 2 aromatic carbocycles. The fourth-order valence-corrected chi connectivity index (χ4v) is 4.64. The van der Waals surface area contributed by atoms with Crippen molar-refractivity contribution in [1.82, 2.24) is 14.5 Å². The van der Waals surface area contributed by atoms with Crippen LogP contribution in [0.4, 0.5) is 0 Å². The average Bonchev–Trinajstić information content (AvgIpc) is 2.81. The molecule has 0 amide bonds. The van der Waals surface area contributed by atoms with Crippen molar-refractivity contribution in [3.05, 3.63) is 82.2 Å². The van der Waals surface area contributed by atoms with Gasteiger partial charge >= 0.3 is 0 Å². The predicted octanol–water partition coefficient (Wildman–Crippen LogP) is 4.85. The molecular weight excluding hydrogens is 374 g/mol. The summed E-state index contributed by atoms with van der Waals surface area (Å²) in [5, 5.41) is 2.63. The van der Waals surface area contributed by atoms with E-state index in [1.807, 2.05) is 47.2 Å². The predicted molar refractivity (Wildman–Crippen MR) is 118 cm³/mol. The summed E-state index contributed by atoms with van der Waals surface area (Å²) < 4.78 is 1.84. The van der Waals surface area contributed by atoms with Crippen molar-refractivity contribution in [2.75, 3.05) is 0 Å². The van der Waals surface area contributed by atoms with Crippen LogP contribution in [0.15, 0.2) is 59.9 Å². The number of fused-ring (bicyclic) bond motifs is 3. The second-order valence-electron chi connectivity index (χ2n) is 8.14. The summed E-state index contributed by atoms with van der Waals surface area (Å²) in [5.41, 5.74) is 3.57. The molecule has 0 N–H and O–H groups in total. The van der Waals surface area contributed by atoms with Gasteiger partial charge in [-0.2, -0.15) is 0 Å². The van der Waals surface area contributed by atoms with Crippen molar-refractivity contribution in [3.8, 4) is 0 Å². The largest absolute Gasteiger partial charge is 0.298 e. The zero-order valence-electron chi connectivity index (χ0n) is 16.8. The molecule has 1 aliphatic carbocycles. The highest BCUT2D eigenvalue weighted by Gasteiger charge is 2.19. The minimum atomic E-state index is 0.0446. The molecule has 1 aliphatic rings. The summed E-state index contributed by atoms with van der Waals surface area (Å²) in [6.07, 6.45) is 12.5. The van der Waals surface area contributed by atoms with E-state index in [0.717, 1.165) is 46.5 Å². The third-order valence-corrected chi connectivity index (χ3v) is 6.25. The van der Waals surface area contributed by atoms with Crippen LogP contribution in [0.1, 0.15) is 59.6 Å². The highest BCUT2D eigenvalue weighted by atomic mass is 16.1. The molecule has 0 spiro atoms. The number of hydrogen-bond donors (Lipinski definition) is 0. The van der Waals surface area contributed by atoms with Crippen molar-refractivity contribution in [1.29, 1.82) is 0 Å². The first-order valence-corrected chi connectivity index (χ1v) is 10.5. The van der Waals surface area contributed by atoms with Crippen LogP contribution in [0.2, 0.25) is 0 Å². The summed E-state index contributed by atoms with van der Waals surface area (Å²) in [6, 6.07) is 11.7. The first-order chi connectivity index (χ1) is 14.7. The zero-order chi connectivity index (χ0) is 20.5. The number of benzene rings is 2. The molecule has 0 unspecified atom stereocenters. The maximum absolute atomic E-state index is 13.4. The summed E-state index contributed by atoms with van der Waals surface area (Å²) in [4.78, 5) is 33.4. The molecule has 0 saturated heterocycles. The molecule has 0 atom stereocenters. The molecule has 5 rings (SSSR count). The SMILES string of the molecule is O=Cc1ccc(Cc2cc3c(=O)n(C4CCCCC4)cnc3c3ccncc23)cc1. The minimum Gasteiger partial charge on any atom is -0.298 e. The minimum absolute atomic E-state index is 0.0446. The van der Waals surface area contributed by atoms with Gasteiger partial charge in [0.25, 0.3) is 5.56 Å². The van der Waals surface area contributed by atoms with Crippen LogP contribution >= 0.6 is 0 Å². The van der Waals surface area contributed by atoms with E-state index >= 15 is 0 Å². The Morgan fingerprint density at radius 2 is 1.80 bits per heavy atom. The number of aromatic nitrogens is 3. The third kappa shape index (κ3) is 3.30. The van der Waals surface area contributed by atoms with Gasteiger partial charge in [-0.05, 0) is 42.5 Å². The van der Waals surface area contributed by atoms with Crippen LogP contribution in [0, 0.1) is 0 Å². The first kappa shape index (κ1) is 18.7. The second-order valence-corrected chi connectivity index (χ2v) is 8.14. The Kier molecular flexibility index (Phi) is 4.87. The Bertz CT molecular complexity index is 1290. The van der Waals surface area contributed by atoms with Gasteiger partial charge in [-0.3, -0.25) is 19.1 Å². The Hall–Kier alpha value is -3.34. The quantitative estimate of drug-likeness (QED) is 0.365. The van der Waals surface area contributed by atoms with Crippen LogP contribution in [0.5, 0.6) is 0 Å². The van der Waals surface area contributed by atoms with E-state index in [1.54, 1.807) is 12.5 Å². The second kappa shape index (κ2) is 7.82. The molecule has 150 valence electrons. The van der Waals surface area contributed by atoms with E-state index < -0.39 is 0 Å². The molecule has 30 heavy (non-hydrogen) atoms. The van der Waals surface area contributed by atoms with Gasteiger partial charge in [-0.1, -0.05) is 43.5 Å². The first-order valence-electron chi connectivity index (χ1n) is 10.5. The average molecular weight is 397 g/mol. The third-order valence-electron chi connectivity index (χ3n) is 6.25. The fourth-order valence-electron chi connectivity index (χ4n) is 4.64. The topological polar surface area (TPSA) is 64.8 Å². The van der Waals surface area contributed by atoms with Crippen molar-refractivity contribution in [3.63, 3.8) is 0 Å². The Labute approximate surface area is 174 Å². The molecule has 2 heterocycles. The summed E-state index contributed by atoms with van der Waals surface area (Å²) in [5.74, 6) is 0. The smallest absolute Gasteiger partial charge is 0.261 e. The lowest BCUT2D eigenvalue weighted by molar-refractivity contribution is 0.112. The Morgan fingerprint density at radius 3 is 2.57 bits per heavy atom. The molecular formula is C25H23N3O2. The van der Waals surface area contributed by atoms with Gasteiger partial charge in [0.05, 0.1) is 17.2 Å². The zero-order valence-corrected chi connectivity index (χ0v) is 16.8. The number of pyridine rings is 1. The van der Waals surface area contributed by atoms with Crippen molar-refractivity contribution < 1.29 is 4.79 Å². The number of aldehydes is 1. The molecule has 0 radical (unpaired) electrons. The summed E-state index contributed by atoms with van der Waals surface area (Å²) >= 11 is 0. The monoisotopic (exact) mass is 397 g/mol. The van der Waals surface area contributed by atoms with Gasteiger partial charge in [0.15, 0.2) is 0 Å². The molecule has 1 fully saturated rings. The lowest BCUT2D eigenvalue weighted by Crippen LogP contribution is -2.26. The van der Waals surface area contributed by atoms with Gasteiger partial charge in [0.1, 0.15) is 6.29 Å². The van der Waals surface area contributed by atoms with E-state index in [2.05, 4.69) is 4.98 Å². The number of nitrogens with zero attached hydrogens (tertiary/aromatic N) is 3. The van der Waals surface area contributed by atoms with Gasteiger partial charge in [-0.25, -0.2) is 4.98 Å². The summed E-state index contributed by atoms with van der Waals surface area (Å²) in [6.45, 7) is 0. The van der Waals surface area contributed by atoms with Crippen molar-refractivity contribution in [2.45, 2.75) is 44.6 Å². The number of carbonyl (C=O) groups is 1. The van der Waals surface area contributed by atoms with E-state index in [4.69, 9.17) is 4.98 Å². The van der Waals surface area contributed by atoms with Crippen LogP contribution < -0.4 is 5.56 Å². The molecule has 5 heteroatoms. The number of rotatable bonds is 4. The standard InChI is InChI=1S/C25H23N3O2/c29-15-18-8-6-17(7-9-18)12-19-13-22-24(21-10-11-26-14-23(19)21)27-16-28(25(22)30)20-4-2-1-3-5-20/h6-11,13-16,20H,1-5,12H2. The van der Waals surface area contributed by atoms with E-state index in [0.29, 0.717) is 17.4 Å². The van der Waals surface area contributed by atoms with Gasteiger partial charge < -0.3 is 0 Å². The number of carbonyl (C=O) groups excluding carboxylic acids is 1. The van der Waals surface area contributed by atoms with Gasteiger partial charge in [0.2, 0.25) is 0 Å². The molecule has 1 saturated carbocycles. The molecule has 2 aromatic heterocycles. The van der Waals surface area contributed by atoms with Crippen LogP contribution in [0.25, 0.3) is 21.7 Å². The highest BCUT2D eigenvalue weighted by molar-refractivity contribution is 6.06. The fraction of sp³-hybridized carbons (Fsp3) is 0.280. The van der Waals surface area contributed by atoms with Crippen LogP contribution in [-0.4, -0.2) is 20.8 Å². The molecule has 0 bridgehead atoms. The van der Waals surface area contributed by atoms with Gasteiger partial charge in [-0.15, -0.1) is 0 Å². The maximum atomic E-state index is 13.4. The van der Waals surface area contributed by atoms with Crippen molar-refractivity contribution in [2.24, 2.45) is 0 Å². The maximum Gasteiger partial charge on any atom is 0.261 e. The van der Waals surface area contributed by atoms with E-state index in [-0.39, 0.29) is 11.6 Å². The lowest BCUT2D eigenvalue weighted by Gasteiger charge is -2.24. The van der Waals surface area contributed by atoms with Gasteiger partial charge in [0, 0.05) is 34.8 Å². The Balaban J connectivity index is 1.67. The Morgan fingerprint density at radius 1 is 1.00 bits per heavy atom. The molecule has 5 nitrogen and oxygen atoms in total. The van der Waals surface area contributed by atoms with E-state index in [9.17, 15) is 9.59 Å². The molecule has 0 aliphatic heterocycles. The molecule has 4 aromatic rings. The lowest BCUT2D eigenvalue weighted by atomic mass is 9.94. The van der Waals surface area contributed by atoms with Crippen LogP contribution in [0.3, 0.4) is 0 Å². The normalized spacial score (nSPS) is 14.9.